The van der Waals surface area contributed by atoms with Crippen LogP contribution in [0, 0.1) is 5.82 Å². The molecule has 0 spiro atoms. The van der Waals surface area contributed by atoms with E-state index in [1.54, 1.807) is 6.07 Å². The molecule has 0 radical (unpaired) electrons. The summed E-state index contributed by atoms with van der Waals surface area (Å²) in [4.78, 5) is 12.2. The van der Waals surface area contributed by atoms with Crippen LogP contribution in [0.5, 0.6) is 0 Å². The van der Waals surface area contributed by atoms with Gasteiger partial charge < -0.3 is 5.32 Å². The maximum Gasteiger partial charge on any atom is 0.255 e. The van der Waals surface area contributed by atoms with Crippen LogP contribution in [0.25, 0.3) is 0 Å². The molecule has 7 heteroatoms. The maximum absolute atomic E-state index is 13.5. The molecular weight excluding hydrogens is 331 g/mol. The third-order valence-electron chi connectivity index (χ3n) is 3.37. The molecule has 0 saturated heterocycles. The molecule has 2 aromatic rings. The molecule has 2 rings (SSSR count). The molecule has 0 atom stereocenters. The number of benzene rings is 2. The van der Waals surface area contributed by atoms with E-state index in [2.05, 4.69) is 10.0 Å². The highest BCUT2D eigenvalue weighted by atomic mass is 32.2. The van der Waals surface area contributed by atoms with Gasteiger partial charge in [-0.3, -0.25) is 4.79 Å². The molecule has 128 valence electrons. The van der Waals surface area contributed by atoms with Gasteiger partial charge in [-0.2, -0.15) is 0 Å². The topological polar surface area (TPSA) is 75.3 Å². The van der Waals surface area contributed by atoms with E-state index in [4.69, 9.17) is 0 Å². The lowest BCUT2D eigenvalue weighted by atomic mass is 10.2. The third-order valence-corrected chi connectivity index (χ3v) is 4.85. The summed E-state index contributed by atoms with van der Waals surface area (Å²) in [6.45, 7) is 2.34. The molecule has 5 nitrogen and oxygen atoms in total. The minimum absolute atomic E-state index is 0.0698. The number of carbonyl (C=O) groups excluding carboxylic acids is 1. The highest BCUT2D eigenvalue weighted by molar-refractivity contribution is 7.89. The number of unbranched alkanes of at least 4 members (excludes halogenated alkanes) is 1. The van der Waals surface area contributed by atoms with Gasteiger partial charge in [0, 0.05) is 12.1 Å². The number of anilines is 1. The van der Waals surface area contributed by atoms with E-state index in [1.165, 1.54) is 42.5 Å². The Morgan fingerprint density at radius 2 is 1.75 bits per heavy atom. The fraction of sp³-hybridized carbons (Fsp3) is 0.235. The quantitative estimate of drug-likeness (QED) is 0.753. The highest BCUT2D eigenvalue weighted by Gasteiger charge is 2.15. The monoisotopic (exact) mass is 350 g/mol. The van der Waals surface area contributed by atoms with Crippen molar-refractivity contribution in [2.75, 3.05) is 11.9 Å². The van der Waals surface area contributed by atoms with Gasteiger partial charge in [-0.25, -0.2) is 17.5 Å². The number of hydrogen-bond donors (Lipinski definition) is 2. The first-order valence-corrected chi connectivity index (χ1v) is 9.08. The van der Waals surface area contributed by atoms with Crippen molar-refractivity contribution in [3.63, 3.8) is 0 Å². The molecule has 0 saturated carbocycles. The zero-order valence-corrected chi connectivity index (χ0v) is 14.1. The third kappa shape index (κ3) is 4.62. The standard InChI is InChI=1S/C17H19FN2O3S/c1-2-3-12-19-24(22,23)14-10-8-13(9-11-14)17(21)20-16-7-5-4-6-15(16)18/h4-11,19H,2-3,12H2,1H3,(H,20,21). The second-order valence-corrected chi connectivity index (χ2v) is 6.98. The van der Waals surface area contributed by atoms with Gasteiger partial charge in [0.05, 0.1) is 10.6 Å². The minimum Gasteiger partial charge on any atom is -0.319 e. The Bertz CT molecular complexity index is 805. The Labute approximate surface area is 141 Å². The molecular formula is C17H19FN2O3S. The average Bonchev–Trinajstić information content (AvgIpc) is 2.57. The molecule has 0 aliphatic carbocycles. The van der Waals surface area contributed by atoms with Gasteiger partial charge in [0.2, 0.25) is 10.0 Å². The molecule has 0 unspecified atom stereocenters. The second kappa shape index (κ2) is 8.03. The second-order valence-electron chi connectivity index (χ2n) is 5.21. The summed E-state index contributed by atoms with van der Waals surface area (Å²) >= 11 is 0. The summed E-state index contributed by atoms with van der Waals surface area (Å²) in [5, 5.41) is 2.45. The average molecular weight is 350 g/mol. The smallest absolute Gasteiger partial charge is 0.255 e. The van der Waals surface area contributed by atoms with Gasteiger partial charge in [0.15, 0.2) is 0 Å². The van der Waals surface area contributed by atoms with Gasteiger partial charge in [-0.05, 0) is 42.8 Å². The summed E-state index contributed by atoms with van der Waals surface area (Å²) in [5.41, 5.74) is 0.311. The Morgan fingerprint density at radius 1 is 1.08 bits per heavy atom. The molecule has 1 amide bonds. The van der Waals surface area contributed by atoms with Crippen LogP contribution in [0.3, 0.4) is 0 Å². The van der Waals surface area contributed by atoms with Crippen molar-refractivity contribution in [2.45, 2.75) is 24.7 Å². The molecule has 0 aliphatic heterocycles. The van der Waals surface area contributed by atoms with E-state index in [0.717, 1.165) is 12.8 Å². The summed E-state index contributed by atoms with van der Waals surface area (Å²) in [6.07, 6.45) is 1.64. The first-order chi connectivity index (χ1) is 11.4. The van der Waals surface area contributed by atoms with E-state index in [-0.39, 0.29) is 16.1 Å². The van der Waals surface area contributed by atoms with E-state index < -0.39 is 21.7 Å². The number of nitrogens with one attached hydrogen (secondary N) is 2. The van der Waals surface area contributed by atoms with Gasteiger partial charge in [-0.1, -0.05) is 25.5 Å². The summed E-state index contributed by atoms with van der Waals surface area (Å²) < 4.78 is 40.2. The highest BCUT2D eigenvalue weighted by Crippen LogP contribution is 2.15. The van der Waals surface area contributed by atoms with E-state index in [0.29, 0.717) is 6.54 Å². The van der Waals surface area contributed by atoms with Crippen LogP contribution in [-0.2, 0) is 10.0 Å². The van der Waals surface area contributed by atoms with Crippen LogP contribution in [0.2, 0.25) is 0 Å². The fourth-order valence-corrected chi connectivity index (χ4v) is 3.08. The van der Waals surface area contributed by atoms with Crippen LogP contribution >= 0.6 is 0 Å². The van der Waals surface area contributed by atoms with Gasteiger partial charge in [-0.15, -0.1) is 0 Å². The van der Waals surface area contributed by atoms with Gasteiger partial charge in [0.1, 0.15) is 5.82 Å². The van der Waals surface area contributed by atoms with Gasteiger partial charge >= 0.3 is 0 Å². The lowest BCUT2D eigenvalue weighted by Gasteiger charge is -2.08. The number of sulfonamides is 1. The van der Waals surface area contributed by atoms with Crippen LogP contribution in [0.15, 0.2) is 53.4 Å². The first kappa shape index (κ1) is 18.1. The number of amides is 1. The normalized spacial score (nSPS) is 11.2. The van der Waals surface area contributed by atoms with Crippen LogP contribution in [0.1, 0.15) is 30.1 Å². The van der Waals surface area contributed by atoms with Crippen molar-refractivity contribution < 1.29 is 17.6 Å². The van der Waals surface area contributed by atoms with Crippen molar-refractivity contribution in [3.8, 4) is 0 Å². The van der Waals surface area contributed by atoms with E-state index >= 15 is 0 Å². The predicted octanol–water partition coefficient (Wildman–Crippen LogP) is 3.16. The number of hydrogen-bond acceptors (Lipinski definition) is 3. The van der Waals surface area contributed by atoms with E-state index in [1.807, 2.05) is 6.92 Å². The SMILES string of the molecule is CCCCNS(=O)(=O)c1ccc(C(=O)Nc2ccccc2F)cc1. The van der Waals surface area contributed by atoms with Crippen molar-refractivity contribution in [1.29, 1.82) is 0 Å². The zero-order valence-electron chi connectivity index (χ0n) is 13.3. The Morgan fingerprint density at radius 3 is 2.38 bits per heavy atom. The Kier molecular flexibility index (Phi) is 6.05. The maximum atomic E-state index is 13.5. The van der Waals surface area contributed by atoms with Gasteiger partial charge in [0.25, 0.3) is 5.91 Å². The number of halogens is 1. The number of para-hydroxylation sites is 1. The van der Waals surface area contributed by atoms with Crippen molar-refractivity contribution in [3.05, 3.63) is 59.9 Å². The number of carbonyl (C=O) groups is 1. The molecule has 0 aliphatic rings. The lowest BCUT2D eigenvalue weighted by molar-refractivity contribution is 0.102. The van der Waals surface area contributed by atoms with Crippen LogP contribution in [0.4, 0.5) is 10.1 Å². The summed E-state index contributed by atoms with van der Waals surface area (Å²) in [6, 6.07) is 11.3. The lowest BCUT2D eigenvalue weighted by Crippen LogP contribution is -2.24. The Hall–Kier alpha value is -2.25. The molecule has 0 bridgehead atoms. The van der Waals surface area contributed by atoms with Crippen molar-refractivity contribution in [1.82, 2.24) is 4.72 Å². The van der Waals surface area contributed by atoms with Crippen LogP contribution in [-0.4, -0.2) is 20.9 Å². The fourth-order valence-electron chi connectivity index (χ4n) is 2.01. The van der Waals surface area contributed by atoms with E-state index in [9.17, 15) is 17.6 Å². The minimum atomic E-state index is -3.58. The van der Waals surface area contributed by atoms with Crippen molar-refractivity contribution >= 4 is 21.6 Å². The largest absolute Gasteiger partial charge is 0.319 e. The molecule has 0 heterocycles. The summed E-state index contributed by atoms with van der Waals surface area (Å²) in [5.74, 6) is -1.05. The zero-order chi connectivity index (χ0) is 17.6. The van der Waals surface area contributed by atoms with Crippen molar-refractivity contribution in [2.24, 2.45) is 0 Å². The van der Waals surface area contributed by atoms with Crippen LogP contribution < -0.4 is 10.0 Å². The molecule has 2 N–H and O–H groups in total. The molecule has 0 aromatic heterocycles. The summed E-state index contributed by atoms with van der Waals surface area (Å²) in [7, 11) is -3.58. The Balaban J connectivity index is 2.09. The number of rotatable bonds is 7. The molecule has 24 heavy (non-hydrogen) atoms. The first-order valence-electron chi connectivity index (χ1n) is 7.59. The predicted molar refractivity (Wildman–Crippen MR) is 90.9 cm³/mol. The molecule has 2 aromatic carbocycles. The molecule has 0 fully saturated rings.